The quantitative estimate of drug-likeness (QED) is 0.845. The van der Waals surface area contributed by atoms with Crippen LogP contribution in [0.4, 0.5) is 5.69 Å². The molecule has 2 rings (SSSR count). The number of nitrogen functional groups attached to an aromatic ring is 1. The van der Waals surface area contributed by atoms with Crippen LogP contribution in [0.2, 0.25) is 0 Å². The number of rotatable bonds is 4. The molecule has 90 valence electrons. The standard InChI is InChI=1S/C13H15BrN2S/c1-9-10(3-2-4-13(9)15)6-16-7-12-5-11(14)8-17-12/h2-5,8,16H,6-7,15H2,1H3. The molecule has 0 radical (unpaired) electrons. The van der Waals surface area contributed by atoms with Crippen LogP contribution in [-0.4, -0.2) is 0 Å². The van der Waals surface area contributed by atoms with Gasteiger partial charge >= 0.3 is 0 Å². The van der Waals surface area contributed by atoms with E-state index in [1.807, 2.05) is 12.1 Å². The maximum absolute atomic E-state index is 5.87. The van der Waals surface area contributed by atoms with E-state index in [0.29, 0.717) is 0 Å². The molecule has 2 nitrogen and oxygen atoms in total. The fourth-order valence-corrected chi connectivity index (χ4v) is 3.08. The van der Waals surface area contributed by atoms with Crippen LogP contribution in [0.25, 0.3) is 0 Å². The first-order valence-electron chi connectivity index (χ1n) is 5.44. The normalized spacial score (nSPS) is 10.7. The molecule has 0 saturated carbocycles. The fraction of sp³-hybridized carbons (Fsp3) is 0.231. The highest BCUT2D eigenvalue weighted by molar-refractivity contribution is 9.10. The van der Waals surface area contributed by atoms with Crippen molar-refractivity contribution in [2.45, 2.75) is 20.0 Å². The fourth-order valence-electron chi connectivity index (χ4n) is 1.66. The van der Waals surface area contributed by atoms with Crippen LogP contribution in [0.5, 0.6) is 0 Å². The second-order valence-corrected chi connectivity index (χ2v) is 5.88. The summed E-state index contributed by atoms with van der Waals surface area (Å²) < 4.78 is 1.15. The van der Waals surface area contributed by atoms with Gasteiger partial charge in [-0.1, -0.05) is 12.1 Å². The lowest BCUT2D eigenvalue weighted by atomic mass is 10.1. The Bertz CT molecular complexity index is 508. The smallest absolute Gasteiger partial charge is 0.0346 e. The average Bonchev–Trinajstić information content (AvgIpc) is 2.70. The lowest BCUT2D eigenvalue weighted by molar-refractivity contribution is 0.698. The van der Waals surface area contributed by atoms with Crippen LogP contribution in [0.15, 0.2) is 34.1 Å². The zero-order chi connectivity index (χ0) is 12.3. The van der Waals surface area contributed by atoms with Crippen molar-refractivity contribution >= 4 is 33.0 Å². The third-order valence-electron chi connectivity index (χ3n) is 2.72. The summed E-state index contributed by atoms with van der Waals surface area (Å²) in [6, 6.07) is 8.20. The molecule has 0 bridgehead atoms. The van der Waals surface area contributed by atoms with Gasteiger partial charge in [0.05, 0.1) is 0 Å². The molecule has 0 atom stereocenters. The highest BCUT2D eigenvalue weighted by atomic mass is 79.9. The highest BCUT2D eigenvalue weighted by Crippen LogP contribution is 2.20. The van der Waals surface area contributed by atoms with E-state index < -0.39 is 0 Å². The summed E-state index contributed by atoms with van der Waals surface area (Å²) in [6.07, 6.45) is 0. The van der Waals surface area contributed by atoms with Gasteiger partial charge in [0.2, 0.25) is 0 Å². The van der Waals surface area contributed by atoms with Crippen LogP contribution in [0.1, 0.15) is 16.0 Å². The first kappa shape index (κ1) is 12.6. The number of nitrogens with two attached hydrogens (primary N) is 1. The first-order chi connectivity index (χ1) is 8.16. The Hall–Kier alpha value is -0.840. The van der Waals surface area contributed by atoms with Crippen LogP contribution >= 0.6 is 27.3 Å². The largest absolute Gasteiger partial charge is 0.399 e. The van der Waals surface area contributed by atoms with E-state index in [2.05, 4.69) is 45.7 Å². The van der Waals surface area contributed by atoms with Crippen molar-refractivity contribution < 1.29 is 0 Å². The number of nitrogens with one attached hydrogen (secondary N) is 1. The molecule has 4 heteroatoms. The van der Waals surface area contributed by atoms with Gasteiger partial charge in [-0.05, 0) is 46.1 Å². The zero-order valence-corrected chi connectivity index (χ0v) is 12.1. The van der Waals surface area contributed by atoms with E-state index in [1.54, 1.807) is 11.3 Å². The summed E-state index contributed by atoms with van der Waals surface area (Å²) in [5.41, 5.74) is 9.18. The lowest BCUT2D eigenvalue weighted by Crippen LogP contribution is -2.13. The van der Waals surface area contributed by atoms with E-state index in [9.17, 15) is 0 Å². The van der Waals surface area contributed by atoms with Crippen LogP contribution in [0, 0.1) is 6.92 Å². The molecular weight excluding hydrogens is 296 g/mol. The minimum Gasteiger partial charge on any atom is -0.399 e. The van der Waals surface area contributed by atoms with Gasteiger partial charge in [0.15, 0.2) is 0 Å². The molecule has 0 amide bonds. The summed E-state index contributed by atoms with van der Waals surface area (Å²) in [5.74, 6) is 0. The van der Waals surface area contributed by atoms with Crippen molar-refractivity contribution in [3.8, 4) is 0 Å². The number of anilines is 1. The van der Waals surface area contributed by atoms with E-state index >= 15 is 0 Å². The van der Waals surface area contributed by atoms with Crippen molar-refractivity contribution in [1.82, 2.24) is 5.32 Å². The summed E-state index contributed by atoms with van der Waals surface area (Å²) in [5, 5.41) is 5.53. The molecule has 2 aromatic rings. The Balaban J connectivity index is 1.92. The third kappa shape index (κ3) is 3.31. The number of benzene rings is 1. The molecule has 1 aromatic heterocycles. The zero-order valence-electron chi connectivity index (χ0n) is 9.66. The maximum Gasteiger partial charge on any atom is 0.0346 e. The highest BCUT2D eigenvalue weighted by Gasteiger charge is 2.01. The van der Waals surface area contributed by atoms with Gasteiger partial charge in [0.25, 0.3) is 0 Å². The van der Waals surface area contributed by atoms with Crippen molar-refractivity contribution in [1.29, 1.82) is 0 Å². The molecule has 1 aromatic carbocycles. The SMILES string of the molecule is Cc1c(N)cccc1CNCc1cc(Br)cs1. The predicted octanol–water partition coefficient (Wildman–Crippen LogP) is 3.69. The van der Waals surface area contributed by atoms with Crippen molar-refractivity contribution in [3.63, 3.8) is 0 Å². The molecule has 0 aliphatic rings. The first-order valence-corrected chi connectivity index (χ1v) is 7.11. The van der Waals surface area contributed by atoms with Gasteiger partial charge < -0.3 is 11.1 Å². The van der Waals surface area contributed by atoms with Crippen molar-refractivity contribution in [2.24, 2.45) is 0 Å². The Morgan fingerprint density at radius 2 is 2.18 bits per heavy atom. The Morgan fingerprint density at radius 3 is 2.88 bits per heavy atom. The molecule has 0 aliphatic carbocycles. The Kier molecular flexibility index (Phi) is 4.20. The second kappa shape index (κ2) is 5.67. The van der Waals surface area contributed by atoms with E-state index in [1.165, 1.54) is 16.0 Å². The lowest BCUT2D eigenvalue weighted by Gasteiger charge is -2.08. The Labute approximate surface area is 114 Å². The summed E-state index contributed by atoms with van der Waals surface area (Å²) in [7, 11) is 0. The molecule has 0 unspecified atom stereocenters. The summed E-state index contributed by atoms with van der Waals surface area (Å²) in [4.78, 5) is 1.33. The van der Waals surface area contributed by atoms with Gasteiger partial charge in [0, 0.05) is 33.5 Å². The molecule has 0 spiro atoms. The van der Waals surface area contributed by atoms with Crippen LogP contribution in [0.3, 0.4) is 0 Å². The molecule has 0 saturated heterocycles. The van der Waals surface area contributed by atoms with Crippen molar-refractivity contribution in [3.05, 3.63) is 50.1 Å². The molecule has 3 N–H and O–H groups in total. The molecule has 0 aliphatic heterocycles. The summed E-state index contributed by atoms with van der Waals surface area (Å²) >= 11 is 5.21. The predicted molar refractivity (Wildman–Crippen MR) is 78.2 cm³/mol. The van der Waals surface area contributed by atoms with E-state index in [0.717, 1.165) is 23.2 Å². The second-order valence-electron chi connectivity index (χ2n) is 3.97. The number of hydrogen-bond donors (Lipinski definition) is 2. The maximum atomic E-state index is 5.87. The minimum absolute atomic E-state index is 0.854. The number of hydrogen-bond acceptors (Lipinski definition) is 3. The monoisotopic (exact) mass is 310 g/mol. The molecule has 0 fully saturated rings. The summed E-state index contributed by atoms with van der Waals surface area (Å²) in [6.45, 7) is 3.81. The number of halogens is 1. The molecule has 1 heterocycles. The van der Waals surface area contributed by atoms with Crippen molar-refractivity contribution in [2.75, 3.05) is 5.73 Å². The van der Waals surface area contributed by atoms with Crippen LogP contribution in [-0.2, 0) is 13.1 Å². The minimum atomic E-state index is 0.854. The van der Waals surface area contributed by atoms with Gasteiger partial charge in [-0.15, -0.1) is 11.3 Å². The molecular formula is C13H15BrN2S. The van der Waals surface area contributed by atoms with E-state index in [-0.39, 0.29) is 0 Å². The third-order valence-corrected chi connectivity index (χ3v) is 4.42. The van der Waals surface area contributed by atoms with E-state index in [4.69, 9.17) is 5.73 Å². The number of thiophene rings is 1. The molecule has 17 heavy (non-hydrogen) atoms. The van der Waals surface area contributed by atoms with Gasteiger partial charge in [-0.2, -0.15) is 0 Å². The topological polar surface area (TPSA) is 38.0 Å². The van der Waals surface area contributed by atoms with Crippen LogP contribution < -0.4 is 11.1 Å². The van der Waals surface area contributed by atoms with Gasteiger partial charge in [-0.25, -0.2) is 0 Å². The average molecular weight is 311 g/mol. The Morgan fingerprint density at radius 1 is 1.35 bits per heavy atom. The van der Waals surface area contributed by atoms with Gasteiger partial charge in [0.1, 0.15) is 0 Å². The van der Waals surface area contributed by atoms with Gasteiger partial charge in [-0.3, -0.25) is 0 Å².